The van der Waals surface area contributed by atoms with E-state index in [-0.39, 0.29) is 11.7 Å². The summed E-state index contributed by atoms with van der Waals surface area (Å²) < 4.78 is 26.9. The number of sulfonamides is 1. The summed E-state index contributed by atoms with van der Waals surface area (Å²) in [6.45, 7) is 4.28. The molecule has 0 saturated heterocycles. The van der Waals surface area contributed by atoms with Crippen LogP contribution in [0.4, 0.5) is 11.4 Å². The molecule has 0 atom stereocenters. The van der Waals surface area contributed by atoms with E-state index < -0.39 is 10.0 Å². The van der Waals surface area contributed by atoms with Crippen molar-refractivity contribution in [2.24, 2.45) is 0 Å². The van der Waals surface area contributed by atoms with Crippen LogP contribution in [0.15, 0.2) is 60.0 Å². The predicted octanol–water partition coefficient (Wildman–Crippen LogP) is 3.49. The van der Waals surface area contributed by atoms with E-state index in [1.165, 1.54) is 17.3 Å². The summed E-state index contributed by atoms with van der Waals surface area (Å²) >= 11 is 1.27. The van der Waals surface area contributed by atoms with Crippen molar-refractivity contribution in [1.82, 2.24) is 14.8 Å². The van der Waals surface area contributed by atoms with Gasteiger partial charge in [0.15, 0.2) is 5.16 Å². The van der Waals surface area contributed by atoms with Crippen LogP contribution in [-0.2, 0) is 14.8 Å². The van der Waals surface area contributed by atoms with Gasteiger partial charge >= 0.3 is 0 Å². The molecule has 2 aromatic carbocycles. The first-order valence-corrected chi connectivity index (χ1v) is 12.1. The Morgan fingerprint density at radius 1 is 1.13 bits per heavy atom. The standard InChI is InChI=1S/C20H23N5O3S2/c1-14(2)15-7-9-18(10-8-15)25-13-21-23-20(25)29-12-19(26)22-16-5-4-6-17(11-16)24-30(3,27)28/h4-11,13-14,24H,12H2,1-3H3,(H,22,26). The molecule has 0 saturated carbocycles. The Hall–Kier alpha value is -2.85. The smallest absolute Gasteiger partial charge is 0.234 e. The first-order valence-electron chi connectivity index (χ1n) is 9.22. The molecule has 8 nitrogen and oxygen atoms in total. The van der Waals surface area contributed by atoms with Gasteiger partial charge in [0.05, 0.1) is 17.7 Å². The Morgan fingerprint density at radius 3 is 2.50 bits per heavy atom. The fourth-order valence-electron chi connectivity index (χ4n) is 2.72. The van der Waals surface area contributed by atoms with Crippen LogP contribution in [0.2, 0.25) is 0 Å². The zero-order chi connectivity index (χ0) is 21.7. The molecule has 3 aromatic rings. The Morgan fingerprint density at radius 2 is 1.83 bits per heavy atom. The molecule has 1 amide bonds. The number of aromatic nitrogens is 3. The lowest BCUT2D eigenvalue weighted by Crippen LogP contribution is -2.15. The monoisotopic (exact) mass is 445 g/mol. The summed E-state index contributed by atoms with van der Waals surface area (Å²) in [6, 6.07) is 14.7. The summed E-state index contributed by atoms with van der Waals surface area (Å²) in [5, 5.41) is 11.4. The van der Waals surface area contributed by atoms with Gasteiger partial charge in [0.25, 0.3) is 0 Å². The molecule has 3 rings (SSSR count). The Kier molecular flexibility index (Phi) is 6.78. The topological polar surface area (TPSA) is 106 Å². The number of nitrogens with one attached hydrogen (secondary N) is 2. The fourth-order valence-corrected chi connectivity index (χ4v) is 4.01. The zero-order valence-corrected chi connectivity index (χ0v) is 18.5. The third-order valence-corrected chi connectivity index (χ3v) is 5.69. The number of thioether (sulfide) groups is 1. The van der Waals surface area contributed by atoms with Crippen molar-refractivity contribution in [3.05, 3.63) is 60.4 Å². The van der Waals surface area contributed by atoms with Crippen molar-refractivity contribution in [2.45, 2.75) is 24.9 Å². The third-order valence-electron chi connectivity index (χ3n) is 4.14. The molecule has 10 heteroatoms. The quantitative estimate of drug-likeness (QED) is 0.514. The van der Waals surface area contributed by atoms with E-state index in [0.717, 1.165) is 11.9 Å². The highest BCUT2D eigenvalue weighted by molar-refractivity contribution is 7.99. The van der Waals surface area contributed by atoms with E-state index in [2.05, 4.69) is 46.2 Å². The van der Waals surface area contributed by atoms with Crippen LogP contribution in [0.3, 0.4) is 0 Å². The van der Waals surface area contributed by atoms with Crippen molar-refractivity contribution < 1.29 is 13.2 Å². The molecule has 0 bridgehead atoms. The summed E-state index contributed by atoms with van der Waals surface area (Å²) in [6.07, 6.45) is 2.69. The lowest BCUT2D eigenvalue weighted by Gasteiger charge is -2.10. The lowest BCUT2D eigenvalue weighted by atomic mass is 10.0. The third kappa shape index (κ3) is 6.07. The van der Waals surface area contributed by atoms with E-state index in [1.54, 1.807) is 30.6 Å². The number of hydrogen-bond acceptors (Lipinski definition) is 6. The molecule has 0 aliphatic rings. The molecule has 0 unspecified atom stereocenters. The first-order chi connectivity index (χ1) is 14.2. The number of amides is 1. The summed E-state index contributed by atoms with van der Waals surface area (Å²) in [5.74, 6) is 0.344. The van der Waals surface area contributed by atoms with Gasteiger partial charge in [0, 0.05) is 11.4 Å². The van der Waals surface area contributed by atoms with E-state index in [9.17, 15) is 13.2 Å². The van der Waals surface area contributed by atoms with Crippen LogP contribution < -0.4 is 10.0 Å². The predicted molar refractivity (Wildman–Crippen MR) is 120 cm³/mol. The molecule has 0 aliphatic heterocycles. The molecular weight excluding hydrogens is 422 g/mol. The SMILES string of the molecule is CC(C)c1ccc(-n2cnnc2SCC(=O)Nc2cccc(NS(C)(=O)=O)c2)cc1. The normalized spacial score (nSPS) is 11.5. The minimum atomic E-state index is -3.39. The fraction of sp³-hybridized carbons (Fsp3) is 0.250. The Balaban J connectivity index is 1.62. The molecule has 0 aliphatic carbocycles. The van der Waals surface area contributed by atoms with Crippen LogP contribution in [0.5, 0.6) is 0 Å². The van der Waals surface area contributed by atoms with Crippen LogP contribution in [0, 0.1) is 0 Å². The van der Waals surface area contributed by atoms with Gasteiger partial charge in [-0.25, -0.2) is 8.42 Å². The van der Waals surface area contributed by atoms with Crippen molar-refractivity contribution in [2.75, 3.05) is 22.0 Å². The zero-order valence-electron chi connectivity index (χ0n) is 16.9. The molecule has 1 heterocycles. The highest BCUT2D eigenvalue weighted by Crippen LogP contribution is 2.22. The molecule has 2 N–H and O–H groups in total. The highest BCUT2D eigenvalue weighted by Gasteiger charge is 2.11. The van der Waals surface area contributed by atoms with Crippen molar-refractivity contribution in [3.8, 4) is 5.69 Å². The second kappa shape index (κ2) is 9.31. The molecule has 30 heavy (non-hydrogen) atoms. The average molecular weight is 446 g/mol. The van der Waals surface area contributed by atoms with Gasteiger partial charge in [-0.05, 0) is 41.8 Å². The highest BCUT2D eigenvalue weighted by atomic mass is 32.2. The van der Waals surface area contributed by atoms with Crippen molar-refractivity contribution >= 4 is 39.1 Å². The maximum atomic E-state index is 12.3. The minimum Gasteiger partial charge on any atom is -0.325 e. The lowest BCUT2D eigenvalue weighted by molar-refractivity contribution is -0.113. The average Bonchev–Trinajstić information content (AvgIpc) is 3.14. The van der Waals surface area contributed by atoms with Gasteiger partial charge in [0.2, 0.25) is 15.9 Å². The number of benzene rings is 2. The van der Waals surface area contributed by atoms with Gasteiger partial charge in [-0.3, -0.25) is 14.1 Å². The largest absolute Gasteiger partial charge is 0.325 e. The van der Waals surface area contributed by atoms with Gasteiger partial charge in [-0.15, -0.1) is 10.2 Å². The number of nitrogens with zero attached hydrogens (tertiary/aromatic N) is 3. The van der Waals surface area contributed by atoms with Crippen molar-refractivity contribution in [3.63, 3.8) is 0 Å². The number of anilines is 2. The Bertz CT molecular complexity index is 1130. The van der Waals surface area contributed by atoms with Crippen LogP contribution in [0.1, 0.15) is 25.3 Å². The van der Waals surface area contributed by atoms with Gasteiger partial charge in [-0.1, -0.05) is 43.8 Å². The molecule has 158 valence electrons. The van der Waals surface area contributed by atoms with Gasteiger partial charge in [0.1, 0.15) is 6.33 Å². The van der Waals surface area contributed by atoms with E-state index in [4.69, 9.17) is 0 Å². The minimum absolute atomic E-state index is 0.131. The number of hydrogen-bond donors (Lipinski definition) is 2. The van der Waals surface area contributed by atoms with Crippen LogP contribution in [-0.4, -0.2) is 41.1 Å². The van der Waals surface area contributed by atoms with Crippen LogP contribution >= 0.6 is 11.8 Å². The molecule has 0 fully saturated rings. The molecular formula is C20H23N5O3S2. The maximum absolute atomic E-state index is 12.3. The van der Waals surface area contributed by atoms with E-state index in [1.807, 2.05) is 16.7 Å². The number of carbonyl (C=O) groups excluding carboxylic acids is 1. The maximum Gasteiger partial charge on any atom is 0.234 e. The summed E-state index contributed by atoms with van der Waals surface area (Å²) in [7, 11) is -3.39. The van der Waals surface area contributed by atoms with Crippen LogP contribution in [0.25, 0.3) is 5.69 Å². The number of rotatable bonds is 8. The molecule has 0 spiro atoms. The Labute approximate surface area is 180 Å². The molecule has 1 aromatic heterocycles. The summed E-state index contributed by atoms with van der Waals surface area (Å²) in [4.78, 5) is 12.3. The second-order valence-corrected chi connectivity index (χ2v) is 9.71. The van der Waals surface area contributed by atoms with Crippen molar-refractivity contribution in [1.29, 1.82) is 0 Å². The van der Waals surface area contributed by atoms with Gasteiger partial charge in [-0.2, -0.15) is 0 Å². The number of carbonyl (C=O) groups is 1. The van der Waals surface area contributed by atoms with E-state index in [0.29, 0.717) is 22.4 Å². The first kappa shape index (κ1) is 21.8. The second-order valence-electron chi connectivity index (χ2n) is 7.02. The van der Waals surface area contributed by atoms with E-state index >= 15 is 0 Å². The summed E-state index contributed by atoms with van der Waals surface area (Å²) in [5.41, 5.74) is 3.05. The van der Waals surface area contributed by atoms with Gasteiger partial charge < -0.3 is 5.32 Å². The molecule has 0 radical (unpaired) electrons.